The first-order valence-electron chi connectivity index (χ1n) is 6.92. The molecule has 1 aromatic heterocycles. The van der Waals surface area contributed by atoms with Crippen molar-refractivity contribution < 1.29 is 0 Å². The summed E-state index contributed by atoms with van der Waals surface area (Å²) in [5.41, 5.74) is 2.83. The zero-order valence-electron chi connectivity index (χ0n) is 12.0. The van der Waals surface area contributed by atoms with E-state index in [1.807, 2.05) is 12.4 Å². The second kappa shape index (κ2) is 5.37. The van der Waals surface area contributed by atoms with Crippen molar-refractivity contribution in [1.82, 2.24) is 15.2 Å². The number of aromatic nitrogens is 1. The first-order chi connectivity index (χ1) is 8.53. The molecule has 1 aromatic rings. The lowest BCUT2D eigenvalue weighted by molar-refractivity contribution is 0.0452. The topological polar surface area (TPSA) is 28.2 Å². The Kier molecular flexibility index (Phi) is 4.03. The first kappa shape index (κ1) is 13.5. The predicted molar refractivity (Wildman–Crippen MR) is 75.5 cm³/mol. The van der Waals surface area contributed by atoms with Gasteiger partial charge in [-0.1, -0.05) is 13.0 Å². The molecule has 18 heavy (non-hydrogen) atoms. The van der Waals surface area contributed by atoms with Gasteiger partial charge in [-0.25, -0.2) is 0 Å². The molecule has 0 aromatic carbocycles. The van der Waals surface area contributed by atoms with Crippen molar-refractivity contribution >= 4 is 0 Å². The Morgan fingerprint density at radius 3 is 2.94 bits per heavy atom. The van der Waals surface area contributed by atoms with Gasteiger partial charge in [0.1, 0.15) is 0 Å². The van der Waals surface area contributed by atoms with Crippen LogP contribution in [0, 0.1) is 6.92 Å². The van der Waals surface area contributed by atoms with Gasteiger partial charge in [0.15, 0.2) is 0 Å². The second-order valence-corrected chi connectivity index (χ2v) is 5.88. The third-order valence-electron chi connectivity index (χ3n) is 4.16. The quantitative estimate of drug-likeness (QED) is 0.888. The van der Waals surface area contributed by atoms with E-state index in [4.69, 9.17) is 0 Å². The van der Waals surface area contributed by atoms with Crippen LogP contribution in [0.1, 0.15) is 38.3 Å². The molecule has 100 valence electrons. The largest absolute Gasteiger partial charge is 0.311 e. The van der Waals surface area contributed by atoms with E-state index in [2.05, 4.69) is 49.0 Å². The molecule has 3 nitrogen and oxygen atoms in total. The van der Waals surface area contributed by atoms with Crippen LogP contribution in [-0.2, 0) is 6.54 Å². The Balaban J connectivity index is 2.14. The molecule has 0 spiro atoms. The lowest BCUT2D eigenvalue weighted by atomic mass is 9.92. The van der Waals surface area contributed by atoms with Gasteiger partial charge in [0.05, 0.1) is 0 Å². The third-order valence-corrected chi connectivity index (χ3v) is 4.16. The minimum absolute atomic E-state index is 0.260. The number of hydrogen-bond acceptors (Lipinski definition) is 3. The fraction of sp³-hybridized carbons (Fsp3) is 0.667. The maximum atomic E-state index is 4.30. The Hall–Kier alpha value is -0.930. The summed E-state index contributed by atoms with van der Waals surface area (Å²) in [6, 6.07) is 2.82. The van der Waals surface area contributed by atoms with E-state index in [9.17, 15) is 0 Å². The predicted octanol–water partition coefficient (Wildman–Crippen LogP) is 2.35. The van der Waals surface area contributed by atoms with E-state index < -0.39 is 0 Å². The number of nitrogens with one attached hydrogen (secondary N) is 1. The van der Waals surface area contributed by atoms with Crippen molar-refractivity contribution in [2.24, 2.45) is 0 Å². The first-order valence-corrected chi connectivity index (χ1v) is 6.92. The monoisotopic (exact) mass is 247 g/mol. The average molecular weight is 247 g/mol. The van der Waals surface area contributed by atoms with Gasteiger partial charge >= 0.3 is 0 Å². The van der Waals surface area contributed by atoms with Crippen LogP contribution >= 0.6 is 0 Å². The van der Waals surface area contributed by atoms with Crippen LogP contribution in [0.2, 0.25) is 0 Å². The zero-order valence-corrected chi connectivity index (χ0v) is 12.0. The van der Waals surface area contributed by atoms with E-state index >= 15 is 0 Å². The highest BCUT2D eigenvalue weighted by atomic mass is 15.3. The van der Waals surface area contributed by atoms with Gasteiger partial charge in [0.2, 0.25) is 0 Å². The molecule has 0 radical (unpaired) electrons. The van der Waals surface area contributed by atoms with Crippen molar-refractivity contribution in [2.75, 3.05) is 13.1 Å². The van der Waals surface area contributed by atoms with E-state index in [-0.39, 0.29) is 5.54 Å². The van der Waals surface area contributed by atoms with Gasteiger partial charge in [0, 0.05) is 43.6 Å². The SMILES string of the molecule is CCC1(C)CNC(C)CN1Cc1cncc(C)c1. The molecule has 2 rings (SSSR count). The Morgan fingerprint density at radius 1 is 1.50 bits per heavy atom. The summed E-state index contributed by atoms with van der Waals surface area (Å²) in [4.78, 5) is 6.90. The van der Waals surface area contributed by atoms with Gasteiger partial charge < -0.3 is 5.32 Å². The van der Waals surface area contributed by atoms with E-state index in [1.165, 1.54) is 17.5 Å². The van der Waals surface area contributed by atoms with Gasteiger partial charge in [-0.3, -0.25) is 9.88 Å². The molecule has 2 unspecified atom stereocenters. The standard InChI is InChI=1S/C15H25N3/c1-5-15(4)11-17-13(3)9-18(15)10-14-6-12(2)7-16-8-14/h6-8,13,17H,5,9-11H2,1-4H3. The van der Waals surface area contributed by atoms with Crippen LogP contribution in [0.3, 0.4) is 0 Å². The highest BCUT2D eigenvalue weighted by Crippen LogP contribution is 2.24. The molecule has 1 fully saturated rings. The molecule has 0 aliphatic carbocycles. The molecule has 1 saturated heterocycles. The smallest absolute Gasteiger partial charge is 0.0313 e. The fourth-order valence-electron chi connectivity index (χ4n) is 2.65. The summed E-state index contributed by atoms with van der Waals surface area (Å²) in [6.45, 7) is 12.2. The van der Waals surface area contributed by atoms with Gasteiger partial charge in [-0.15, -0.1) is 0 Å². The molecule has 1 aliphatic rings. The van der Waals surface area contributed by atoms with E-state index in [0.29, 0.717) is 6.04 Å². The summed E-state index contributed by atoms with van der Waals surface area (Å²) in [5, 5.41) is 3.59. The summed E-state index contributed by atoms with van der Waals surface area (Å²) in [7, 11) is 0. The van der Waals surface area contributed by atoms with Crippen molar-refractivity contribution in [3.05, 3.63) is 29.6 Å². The summed E-state index contributed by atoms with van der Waals surface area (Å²) >= 11 is 0. The van der Waals surface area contributed by atoms with Crippen LogP contribution in [0.25, 0.3) is 0 Å². The number of rotatable bonds is 3. The second-order valence-electron chi connectivity index (χ2n) is 5.88. The lowest BCUT2D eigenvalue weighted by Crippen LogP contribution is -2.61. The number of hydrogen-bond donors (Lipinski definition) is 1. The van der Waals surface area contributed by atoms with Crippen LogP contribution in [0.5, 0.6) is 0 Å². The minimum Gasteiger partial charge on any atom is -0.311 e. The number of piperazine rings is 1. The molecule has 1 N–H and O–H groups in total. The molecule has 1 aliphatic heterocycles. The molecule has 0 amide bonds. The maximum absolute atomic E-state index is 4.30. The van der Waals surface area contributed by atoms with Crippen LogP contribution in [0.4, 0.5) is 0 Å². The molecule has 0 bridgehead atoms. The molecular formula is C15H25N3. The molecule has 2 heterocycles. The Morgan fingerprint density at radius 2 is 2.28 bits per heavy atom. The van der Waals surface area contributed by atoms with Gasteiger partial charge in [-0.05, 0) is 38.3 Å². The van der Waals surface area contributed by atoms with Crippen molar-refractivity contribution in [2.45, 2.75) is 52.2 Å². The van der Waals surface area contributed by atoms with Crippen LogP contribution in [-0.4, -0.2) is 34.6 Å². The average Bonchev–Trinajstić information content (AvgIpc) is 2.34. The van der Waals surface area contributed by atoms with E-state index in [0.717, 1.165) is 19.6 Å². The zero-order chi connectivity index (χ0) is 13.2. The normalized spacial score (nSPS) is 29.4. The summed E-state index contributed by atoms with van der Waals surface area (Å²) < 4.78 is 0. The Bertz CT molecular complexity index is 404. The minimum atomic E-state index is 0.260. The number of pyridine rings is 1. The van der Waals surface area contributed by atoms with Gasteiger partial charge in [-0.2, -0.15) is 0 Å². The Labute approximate surface area is 111 Å². The highest BCUT2D eigenvalue weighted by Gasteiger charge is 2.34. The molecular weight excluding hydrogens is 222 g/mol. The van der Waals surface area contributed by atoms with Crippen LogP contribution < -0.4 is 5.32 Å². The number of nitrogens with zero attached hydrogens (tertiary/aromatic N) is 2. The summed E-state index contributed by atoms with van der Waals surface area (Å²) in [6.07, 6.45) is 5.09. The van der Waals surface area contributed by atoms with Crippen molar-refractivity contribution in [3.63, 3.8) is 0 Å². The summed E-state index contributed by atoms with van der Waals surface area (Å²) in [5.74, 6) is 0. The van der Waals surface area contributed by atoms with E-state index in [1.54, 1.807) is 0 Å². The molecule has 2 atom stereocenters. The molecule has 0 saturated carbocycles. The van der Waals surface area contributed by atoms with Gasteiger partial charge in [0.25, 0.3) is 0 Å². The molecule has 3 heteroatoms. The number of aryl methyl sites for hydroxylation is 1. The highest BCUT2D eigenvalue weighted by molar-refractivity contribution is 5.17. The van der Waals surface area contributed by atoms with Crippen LogP contribution in [0.15, 0.2) is 18.5 Å². The third kappa shape index (κ3) is 2.90. The van der Waals surface area contributed by atoms with Crippen molar-refractivity contribution in [1.29, 1.82) is 0 Å². The fourth-order valence-corrected chi connectivity index (χ4v) is 2.65. The lowest BCUT2D eigenvalue weighted by Gasteiger charge is -2.47. The van der Waals surface area contributed by atoms with Crippen molar-refractivity contribution in [3.8, 4) is 0 Å². The maximum Gasteiger partial charge on any atom is 0.0313 e.